The Morgan fingerprint density at radius 2 is 1.78 bits per heavy atom. The van der Waals surface area contributed by atoms with Crippen LogP contribution in [0, 0.1) is 5.82 Å². The third-order valence-corrected chi connectivity index (χ3v) is 3.63. The maximum Gasteiger partial charge on any atom is 0.349 e. The molecule has 0 saturated carbocycles. The van der Waals surface area contributed by atoms with Gasteiger partial charge in [0.2, 0.25) is 0 Å². The number of hydrogen-bond donors (Lipinski definition) is 0. The number of rotatable bonds is 4. The average Bonchev–Trinajstić information content (AvgIpc) is 2.47. The fraction of sp³-hybridized carbons (Fsp3) is 0.278. The van der Waals surface area contributed by atoms with Crippen LogP contribution in [0.1, 0.15) is 26.3 Å². The number of ether oxygens (including phenoxy) is 2. The molecule has 0 unspecified atom stereocenters. The van der Waals surface area contributed by atoms with E-state index in [9.17, 15) is 9.18 Å². The summed E-state index contributed by atoms with van der Waals surface area (Å²) in [4.78, 5) is 11.8. The molecule has 0 radical (unpaired) electrons. The van der Waals surface area contributed by atoms with Crippen molar-refractivity contribution in [2.24, 2.45) is 0 Å². The van der Waals surface area contributed by atoms with Gasteiger partial charge in [0.25, 0.3) is 0 Å². The largest absolute Gasteiger partial charge is 0.482 e. The molecule has 2 aromatic carbocycles. The summed E-state index contributed by atoms with van der Waals surface area (Å²) in [6.45, 7) is 5.98. The smallest absolute Gasteiger partial charge is 0.349 e. The van der Waals surface area contributed by atoms with E-state index in [2.05, 4.69) is 36.7 Å². The number of carbonyl (C=O) groups is 1. The zero-order valence-corrected chi connectivity index (χ0v) is 14.8. The van der Waals surface area contributed by atoms with Crippen LogP contribution in [-0.2, 0) is 10.2 Å². The highest BCUT2D eigenvalue weighted by molar-refractivity contribution is 9.10. The molecule has 2 aromatic rings. The molecule has 0 bridgehead atoms. The van der Waals surface area contributed by atoms with Gasteiger partial charge in [-0.3, -0.25) is 0 Å². The molecule has 0 aliphatic heterocycles. The van der Waals surface area contributed by atoms with Gasteiger partial charge in [0.1, 0.15) is 17.3 Å². The van der Waals surface area contributed by atoms with Crippen molar-refractivity contribution in [2.45, 2.75) is 26.2 Å². The van der Waals surface area contributed by atoms with Gasteiger partial charge >= 0.3 is 5.97 Å². The Morgan fingerprint density at radius 3 is 2.39 bits per heavy atom. The first-order valence-electron chi connectivity index (χ1n) is 7.15. The van der Waals surface area contributed by atoms with Crippen molar-refractivity contribution in [3.63, 3.8) is 0 Å². The SMILES string of the molecule is CC(C)(C)c1cc(Br)ccc1OCC(=O)Oc1ccc(F)cc1. The maximum atomic E-state index is 12.8. The van der Waals surface area contributed by atoms with Gasteiger partial charge < -0.3 is 9.47 Å². The molecule has 0 aliphatic carbocycles. The summed E-state index contributed by atoms with van der Waals surface area (Å²) < 4.78 is 24.5. The van der Waals surface area contributed by atoms with E-state index >= 15 is 0 Å². The zero-order chi connectivity index (χ0) is 17.0. The molecule has 2 rings (SSSR count). The Bertz CT molecular complexity index is 690. The topological polar surface area (TPSA) is 35.5 Å². The van der Waals surface area contributed by atoms with Crippen molar-refractivity contribution in [3.05, 3.63) is 58.3 Å². The first kappa shape index (κ1) is 17.5. The third-order valence-electron chi connectivity index (χ3n) is 3.14. The van der Waals surface area contributed by atoms with E-state index in [1.54, 1.807) is 0 Å². The molecule has 0 atom stereocenters. The molecule has 0 aromatic heterocycles. The van der Waals surface area contributed by atoms with E-state index in [0.717, 1.165) is 10.0 Å². The number of benzene rings is 2. The van der Waals surface area contributed by atoms with Crippen LogP contribution in [-0.4, -0.2) is 12.6 Å². The van der Waals surface area contributed by atoms with Crippen molar-refractivity contribution in [2.75, 3.05) is 6.61 Å². The lowest BCUT2D eigenvalue weighted by molar-refractivity contribution is -0.136. The summed E-state index contributed by atoms with van der Waals surface area (Å²) in [5.41, 5.74) is 0.862. The highest BCUT2D eigenvalue weighted by Gasteiger charge is 2.20. The second kappa shape index (κ2) is 7.13. The molecule has 0 amide bonds. The second-order valence-electron chi connectivity index (χ2n) is 6.11. The van der Waals surface area contributed by atoms with Crippen LogP contribution in [0.3, 0.4) is 0 Å². The van der Waals surface area contributed by atoms with Crippen LogP contribution in [0.15, 0.2) is 46.9 Å². The molecule has 0 aliphatic rings. The Kier molecular flexibility index (Phi) is 5.42. The van der Waals surface area contributed by atoms with Crippen LogP contribution in [0.25, 0.3) is 0 Å². The number of hydrogen-bond acceptors (Lipinski definition) is 3. The van der Waals surface area contributed by atoms with Crippen LogP contribution >= 0.6 is 15.9 Å². The van der Waals surface area contributed by atoms with Crippen molar-refractivity contribution < 1.29 is 18.7 Å². The molecular weight excluding hydrogens is 363 g/mol. The first-order valence-corrected chi connectivity index (χ1v) is 7.94. The molecule has 0 saturated heterocycles. The minimum absolute atomic E-state index is 0.125. The summed E-state index contributed by atoms with van der Waals surface area (Å²) in [6, 6.07) is 10.9. The Labute approximate surface area is 143 Å². The summed E-state index contributed by atoms with van der Waals surface area (Å²) >= 11 is 3.44. The van der Waals surface area contributed by atoms with Crippen LogP contribution in [0.2, 0.25) is 0 Å². The summed E-state index contributed by atoms with van der Waals surface area (Å²) in [7, 11) is 0. The van der Waals surface area contributed by atoms with Gasteiger partial charge in [-0.1, -0.05) is 36.7 Å². The number of halogens is 2. The second-order valence-corrected chi connectivity index (χ2v) is 7.02. The molecular formula is C18H18BrFO3. The van der Waals surface area contributed by atoms with E-state index in [1.165, 1.54) is 24.3 Å². The van der Waals surface area contributed by atoms with Gasteiger partial charge in [0.05, 0.1) is 0 Å². The van der Waals surface area contributed by atoms with E-state index in [0.29, 0.717) is 5.75 Å². The zero-order valence-electron chi connectivity index (χ0n) is 13.2. The van der Waals surface area contributed by atoms with Gasteiger partial charge in [0.15, 0.2) is 6.61 Å². The summed E-state index contributed by atoms with van der Waals surface area (Å²) in [5.74, 6) is -0.00581. The highest BCUT2D eigenvalue weighted by Crippen LogP contribution is 2.33. The minimum Gasteiger partial charge on any atom is -0.482 e. The number of esters is 1. The predicted octanol–water partition coefficient (Wildman–Crippen LogP) is 4.87. The highest BCUT2D eigenvalue weighted by atomic mass is 79.9. The molecule has 5 heteroatoms. The average molecular weight is 381 g/mol. The van der Waals surface area contributed by atoms with Crippen molar-refractivity contribution in [3.8, 4) is 11.5 Å². The third kappa shape index (κ3) is 5.06. The lowest BCUT2D eigenvalue weighted by Gasteiger charge is -2.23. The van der Waals surface area contributed by atoms with E-state index in [4.69, 9.17) is 9.47 Å². The normalized spacial score (nSPS) is 11.2. The van der Waals surface area contributed by atoms with Crippen LogP contribution < -0.4 is 9.47 Å². The van der Waals surface area contributed by atoms with Gasteiger partial charge in [-0.25, -0.2) is 9.18 Å². The Morgan fingerprint density at radius 1 is 1.13 bits per heavy atom. The monoisotopic (exact) mass is 380 g/mol. The standard InChI is InChI=1S/C18H18BrFO3/c1-18(2,3)15-10-12(19)4-9-16(15)22-11-17(21)23-14-7-5-13(20)6-8-14/h4-10H,11H2,1-3H3. The van der Waals surface area contributed by atoms with Crippen molar-refractivity contribution in [1.29, 1.82) is 0 Å². The van der Waals surface area contributed by atoms with E-state index in [1.807, 2.05) is 18.2 Å². The predicted molar refractivity (Wildman–Crippen MR) is 90.4 cm³/mol. The molecule has 0 fully saturated rings. The lowest BCUT2D eigenvalue weighted by atomic mass is 9.86. The summed E-state index contributed by atoms with van der Waals surface area (Å²) in [6.07, 6.45) is 0. The quantitative estimate of drug-likeness (QED) is 0.560. The first-order chi connectivity index (χ1) is 10.8. The van der Waals surface area contributed by atoms with E-state index in [-0.39, 0.29) is 23.6 Å². The van der Waals surface area contributed by atoms with Crippen LogP contribution in [0.5, 0.6) is 11.5 Å². The van der Waals surface area contributed by atoms with Gasteiger partial charge in [-0.05, 0) is 47.9 Å². The van der Waals surface area contributed by atoms with Crippen molar-refractivity contribution >= 4 is 21.9 Å². The fourth-order valence-corrected chi connectivity index (χ4v) is 2.38. The molecule has 0 N–H and O–H groups in total. The molecule has 3 nitrogen and oxygen atoms in total. The lowest BCUT2D eigenvalue weighted by Crippen LogP contribution is -2.20. The number of carbonyl (C=O) groups excluding carboxylic acids is 1. The molecule has 23 heavy (non-hydrogen) atoms. The Balaban J connectivity index is 2.03. The maximum absolute atomic E-state index is 12.8. The molecule has 122 valence electrons. The minimum atomic E-state index is -0.542. The van der Waals surface area contributed by atoms with Crippen LogP contribution in [0.4, 0.5) is 4.39 Å². The fourth-order valence-electron chi connectivity index (χ4n) is 2.01. The molecule has 0 spiro atoms. The van der Waals surface area contributed by atoms with Gasteiger partial charge in [0, 0.05) is 10.0 Å². The van der Waals surface area contributed by atoms with E-state index < -0.39 is 5.97 Å². The summed E-state index contributed by atoms with van der Waals surface area (Å²) in [5, 5.41) is 0. The van der Waals surface area contributed by atoms with Gasteiger partial charge in [-0.2, -0.15) is 0 Å². The molecule has 0 heterocycles. The van der Waals surface area contributed by atoms with Crippen molar-refractivity contribution in [1.82, 2.24) is 0 Å². The van der Waals surface area contributed by atoms with Gasteiger partial charge in [-0.15, -0.1) is 0 Å². The Hall–Kier alpha value is -1.88.